The van der Waals surface area contributed by atoms with Crippen molar-refractivity contribution in [3.63, 3.8) is 0 Å². The minimum absolute atomic E-state index is 1.62. The fourth-order valence-electron chi connectivity index (χ4n) is 0.215. The Hall–Kier alpha value is -0.0900. The molecule has 0 atom stereocenters. The van der Waals surface area contributed by atoms with Gasteiger partial charge in [0.2, 0.25) is 0 Å². The van der Waals surface area contributed by atoms with E-state index in [4.69, 9.17) is 0 Å². The van der Waals surface area contributed by atoms with Crippen LogP contribution in [0.4, 0.5) is 0 Å². The molecule has 1 aromatic rings. The summed E-state index contributed by atoms with van der Waals surface area (Å²) in [5.74, 6) is 0. The average Bonchev–Trinajstić information content (AvgIpc) is 2.23. The Morgan fingerprint density at radius 2 is 2.14 bits per heavy atom. The number of thiol groups is 2. The smallest absolute Gasteiger partial charge is 0.0919 e. The number of aromatic amines is 1. The van der Waals surface area contributed by atoms with Crippen molar-refractivity contribution in [2.75, 3.05) is 0 Å². The third kappa shape index (κ3) is 3.75. The number of nitrogens with one attached hydrogen (secondary N) is 1. The number of hydrogen-bond donors (Lipinski definition) is 3. The van der Waals surface area contributed by atoms with E-state index in [1.54, 1.807) is 18.7 Å². The third-order valence-electron chi connectivity index (χ3n) is 0.406. The average molecular weight is 134 g/mol. The van der Waals surface area contributed by atoms with Gasteiger partial charge in [-0.15, -0.1) is 23.3 Å². The van der Waals surface area contributed by atoms with E-state index in [1.807, 2.05) is 0 Å². The van der Waals surface area contributed by atoms with Gasteiger partial charge in [0.15, 0.2) is 0 Å². The highest BCUT2D eigenvalue weighted by atomic mass is 33.1. The number of H-pyrrole nitrogens is 1. The second-order valence-electron chi connectivity index (χ2n) is 0.761. The van der Waals surface area contributed by atoms with Gasteiger partial charge in [-0.05, 0) is 0 Å². The molecule has 0 saturated carbocycles. The molecule has 1 rings (SSSR count). The summed E-state index contributed by atoms with van der Waals surface area (Å²) < 4.78 is 0. The van der Waals surface area contributed by atoms with Gasteiger partial charge in [0, 0.05) is 12.4 Å². The van der Waals surface area contributed by atoms with Crippen LogP contribution >= 0.6 is 23.3 Å². The van der Waals surface area contributed by atoms with Crippen LogP contribution in [0.3, 0.4) is 0 Å². The third-order valence-corrected chi connectivity index (χ3v) is 0.406. The molecule has 0 aromatic carbocycles. The Bertz CT molecular complexity index is 67.4. The number of nitrogens with zero attached hydrogens (tertiary/aromatic N) is 1. The molecular formula is C3H6N2S2. The van der Waals surface area contributed by atoms with E-state index < -0.39 is 0 Å². The lowest BCUT2D eigenvalue weighted by atomic mass is 11.0. The summed E-state index contributed by atoms with van der Waals surface area (Å²) in [7, 11) is 0. The molecule has 0 aliphatic heterocycles. The standard InChI is InChI=1S/C3H4N2.H2S2/c1-2-5-3-4-1;1-2/h1-3H,(H,4,5);1-2H. The zero-order valence-electron chi connectivity index (χ0n) is 3.57. The second kappa shape index (κ2) is 5.91. The first-order valence-electron chi connectivity index (χ1n) is 1.63. The van der Waals surface area contributed by atoms with Crippen molar-refractivity contribution < 1.29 is 0 Å². The molecule has 1 aromatic heterocycles. The molecule has 0 saturated heterocycles. The van der Waals surface area contributed by atoms with Crippen molar-refractivity contribution in [3.05, 3.63) is 18.7 Å². The molecule has 2 nitrogen and oxygen atoms in total. The number of aromatic nitrogens is 2. The van der Waals surface area contributed by atoms with E-state index in [1.165, 1.54) is 0 Å². The molecule has 7 heavy (non-hydrogen) atoms. The first-order valence-corrected chi connectivity index (χ1v) is 3.23. The van der Waals surface area contributed by atoms with Gasteiger partial charge < -0.3 is 4.98 Å². The van der Waals surface area contributed by atoms with Crippen LogP contribution in [0.1, 0.15) is 0 Å². The van der Waals surface area contributed by atoms with E-state index in [2.05, 4.69) is 33.3 Å². The minimum Gasteiger partial charge on any atom is -0.351 e. The molecule has 0 unspecified atom stereocenters. The van der Waals surface area contributed by atoms with Crippen LogP contribution in [-0.2, 0) is 0 Å². The number of hydrogen-bond acceptors (Lipinski definition) is 3. The van der Waals surface area contributed by atoms with Gasteiger partial charge in [-0.3, -0.25) is 0 Å². The van der Waals surface area contributed by atoms with Gasteiger partial charge in [0.25, 0.3) is 0 Å². The summed E-state index contributed by atoms with van der Waals surface area (Å²) in [6.07, 6.45) is 5.08. The SMILES string of the molecule is SS.c1c[nH]cn1. The van der Waals surface area contributed by atoms with Gasteiger partial charge in [-0.2, -0.15) is 0 Å². The summed E-state index contributed by atoms with van der Waals surface area (Å²) in [6.45, 7) is 0. The quantitative estimate of drug-likeness (QED) is 0.361. The lowest BCUT2D eigenvalue weighted by molar-refractivity contribution is 1.31. The van der Waals surface area contributed by atoms with Gasteiger partial charge in [-0.1, -0.05) is 0 Å². The highest BCUT2D eigenvalue weighted by Gasteiger charge is 1.56. The van der Waals surface area contributed by atoms with Gasteiger partial charge in [0.1, 0.15) is 0 Å². The monoisotopic (exact) mass is 134 g/mol. The molecule has 1 N–H and O–H groups in total. The Kier molecular flexibility index (Phi) is 5.83. The van der Waals surface area contributed by atoms with Gasteiger partial charge >= 0.3 is 0 Å². The summed E-state index contributed by atoms with van der Waals surface area (Å²) in [5.41, 5.74) is 0. The molecule has 0 spiro atoms. The first kappa shape index (κ1) is 6.91. The fourth-order valence-corrected chi connectivity index (χ4v) is 0.215. The Labute approximate surface area is 52.6 Å². The largest absolute Gasteiger partial charge is 0.351 e. The highest BCUT2D eigenvalue weighted by Crippen LogP contribution is 1.65. The van der Waals surface area contributed by atoms with Crippen LogP contribution in [0.25, 0.3) is 0 Å². The van der Waals surface area contributed by atoms with Crippen molar-refractivity contribution in [2.24, 2.45) is 0 Å². The van der Waals surface area contributed by atoms with E-state index in [0.29, 0.717) is 0 Å². The Balaban J connectivity index is 0.000000162. The Morgan fingerprint density at radius 1 is 1.43 bits per heavy atom. The predicted octanol–water partition coefficient (Wildman–Crippen LogP) is 1.17. The van der Waals surface area contributed by atoms with E-state index in [9.17, 15) is 0 Å². The first-order chi connectivity index (χ1) is 3.50. The molecule has 0 fully saturated rings. The zero-order valence-corrected chi connectivity index (χ0v) is 5.36. The molecule has 0 amide bonds. The van der Waals surface area contributed by atoms with E-state index >= 15 is 0 Å². The molecule has 0 radical (unpaired) electrons. The van der Waals surface area contributed by atoms with Crippen LogP contribution in [0.5, 0.6) is 0 Å². The summed E-state index contributed by atoms with van der Waals surface area (Å²) in [4.78, 5) is 6.42. The van der Waals surface area contributed by atoms with Crippen molar-refractivity contribution in [3.8, 4) is 0 Å². The lowest BCUT2D eigenvalue weighted by Crippen LogP contribution is -1.44. The van der Waals surface area contributed by atoms with Crippen LogP contribution in [-0.4, -0.2) is 9.97 Å². The number of imidazole rings is 1. The van der Waals surface area contributed by atoms with Crippen molar-refractivity contribution in [2.45, 2.75) is 0 Å². The van der Waals surface area contributed by atoms with Gasteiger partial charge in [0.05, 0.1) is 6.33 Å². The topological polar surface area (TPSA) is 28.7 Å². The fraction of sp³-hybridized carbons (Fsp3) is 0. The molecule has 40 valence electrons. The van der Waals surface area contributed by atoms with Crippen LogP contribution < -0.4 is 0 Å². The summed E-state index contributed by atoms with van der Waals surface area (Å²) in [6, 6.07) is 0. The van der Waals surface area contributed by atoms with Crippen molar-refractivity contribution in [1.29, 1.82) is 0 Å². The normalized spacial score (nSPS) is 6.57. The Morgan fingerprint density at radius 3 is 2.29 bits per heavy atom. The van der Waals surface area contributed by atoms with Gasteiger partial charge in [-0.25, -0.2) is 4.98 Å². The molecule has 1 heterocycles. The number of rotatable bonds is 0. The predicted molar refractivity (Wildman–Crippen MR) is 36.6 cm³/mol. The molecule has 0 aliphatic carbocycles. The van der Waals surface area contributed by atoms with Crippen LogP contribution in [0.2, 0.25) is 0 Å². The molecular weight excluding hydrogens is 128 g/mol. The molecule has 4 heteroatoms. The maximum Gasteiger partial charge on any atom is 0.0919 e. The van der Waals surface area contributed by atoms with Crippen molar-refractivity contribution >= 4 is 23.3 Å². The maximum atomic E-state index is 3.67. The second-order valence-corrected chi connectivity index (χ2v) is 0.761. The lowest BCUT2D eigenvalue weighted by Gasteiger charge is -1.46. The molecule has 0 bridgehead atoms. The van der Waals surface area contributed by atoms with E-state index in [0.717, 1.165) is 0 Å². The highest BCUT2D eigenvalue weighted by molar-refractivity contribution is 8.59. The molecule has 0 aliphatic rings. The summed E-state index contributed by atoms with van der Waals surface area (Å²) in [5, 5.41) is 0. The summed E-state index contributed by atoms with van der Waals surface area (Å²) >= 11 is 6.44. The maximum absolute atomic E-state index is 3.67. The zero-order chi connectivity index (χ0) is 5.54. The van der Waals surface area contributed by atoms with Crippen molar-refractivity contribution in [1.82, 2.24) is 9.97 Å². The minimum atomic E-state index is 1.62. The van der Waals surface area contributed by atoms with E-state index in [-0.39, 0.29) is 0 Å². The van der Waals surface area contributed by atoms with Crippen LogP contribution in [0.15, 0.2) is 18.7 Å². The van der Waals surface area contributed by atoms with Crippen LogP contribution in [0, 0.1) is 0 Å².